The van der Waals surface area contributed by atoms with Gasteiger partial charge in [0.15, 0.2) is 5.82 Å². The Balaban J connectivity index is 1.01. The van der Waals surface area contributed by atoms with E-state index in [1.807, 2.05) is 17.4 Å². The lowest BCUT2D eigenvalue weighted by atomic mass is 9.73. The third-order valence-electron chi connectivity index (χ3n) is 11.9. The van der Waals surface area contributed by atoms with E-state index in [0.717, 1.165) is 39.3 Å². The lowest BCUT2D eigenvalue weighted by Gasteiger charge is -2.29. The van der Waals surface area contributed by atoms with E-state index < -0.39 is 0 Å². The van der Waals surface area contributed by atoms with Crippen LogP contribution in [0.25, 0.3) is 88.1 Å². The van der Waals surface area contributed by atoms with Crippen LogP contribution in [0.5, 0.6) is 0 Å². The third kappa shape index (κ3) is 4.43. The molecule has 0 atom stereocenters. The van der Waals surface area contributed by atoms with Crippen LogP contribution < -0.4 is 0 Å². The van der Waals surface area contributed by atoms with Crippen LogP contribution in [0.2, 0.25) is 0 Å². The van der Waals surface area contributed by atoms with Gasteiger partial charge in [-0.25, -0.2) is 9.97 Å². The van der Waals surface area contributed by atoms with Gasteiger partial charge in [0.1, 0.15) is 0 Å². The van der Waals surface area contributed by atoms with E-state index >= 15 is 0 Å². The van der Waals surface area contributed by atoms with Crippen LogP contribution in [0, 0.1) is 0 Å². The number of fused-ring (bicyclic) bond motifs is 13. The van der Waals surface area contributed by atoms with Gasteiger partial charge >= 0.3 is 0 Å². The van der Waals surface area contributed by atoms with Gasteiger partial charge in [-0.15, -0.1) is 11.3 Å². The van der Waals surface area contributed by atoms with E-state index in [4.69, 9.17) is 9.97 Å². The maximum Gasteiger partial charge on any atom is 0.161 e. The molecule has 0 amide bonds. The highest BCUT2D eigenvalue weighted by molar-refractivity contribution is 7.20. The molecule has 2 aromatic heterocycles. The topological polar surface area (TPSA) is 25.8 Å². The normalized spacial score (nSPS) is 13.1. The molecule has 2 aliphatic rings. The molecule has 0 saturated carbocycles. The second-order valence-electron chi connectivity index (χ2n) is 14.8. The van der Waals surface area contributed by atoms with Crippen LogP contribution >= 0.6 is 11.3 Å². The minimum atomic E-state index is -0.371. The molecular weight excluding hydrogens is 697 g/mol. The first-order valence-electron chi connectivity index (χ1n) is 19.2. The molecule has 0 aliphatic heterocycles. The van der Waals surface area contributed by atoms with E-state index in [0.29, 0.717) is 0 Å². The standard InChI is InChI=1S/C53H32N2S/c1-2-14-35(15-3-1)47-32-48(55-52(54-47)41-21-12-16-34-13-4-5-17-38(34)41)36-27-25-33(26-28-36)37-29-30-42-46(31-37)53(51-50(42)43-20-8-11-24-49(43)56-51)44-22-9-6-18-39(44)40-19-7-10-23-45(40)53/h1-32H. The summed E-state index contributed by atoms with van der Waals surface area (Å²) in [5, 5.41) is 3.66. The predicted octanol–water partition coefficient (Wildman–Crippen LogP) is 13.9. The van der Waals surface area contributed by atoms with Gasteiger partial charge in [-0.2, -0.15) is 0 Å². The molecule has 0 fully saturated rings. The Hall–Kier alpha value is -6.94. The largest absolute Gasteiger partial charge is 0.228 e. The first kappa shape index (κ1) is 31.4. The SMILES string of the molecule is c1ccc(-c2cc(-c3ccc(-c4ccc5c(c4)C4(c6ccccc6-c6ccccc64)c4sc6ccccc6c4-5)cc3)nc(-c3cccc4ccccc34)n2)cc1. The first-order chi connectivity index (χ1) is 27.8. The number of thiophene rings is 1. The van der Waals surface area contributed by atoms with Crippen molar-refractivity contribution in [2.24, 2.45) is 0 Å². The monoisotopic (exact) mass is 728 g/mol. The van der Waals surface area contributed by atoms with E-state index in [-0.39, 0.29) is 5.41 Å². The average Bonchev–Trinajstić information content (AvgIpc) is 3.90. The summed E-state index contributed by atoms with van der Waals surface area (Å²) >= 11 is 1.95. The molecule has 0 N–H and O–H groups in total. The summed E-state index contributed by atoms with van der Waals surface area (Å²) in [5.74, 6) is 0.725. The van der Waals surface area contributed by atoms with Crippen LogP contribution in [0.3, 0.4) is 0 Å². The van der Waals surface area contributed by atoms with Gasteiger partial charge < -0.3 is 0 Å². The van der Waals surface area contributed by atoms with E-state index in [2.05, 4.69) is 188 Å². The lowest BCUT2D eigenvalue weighted by Crippen LogP contribution is -2.24. The van der Waals surface area contributed by atoms with Crippen molar-refractivity contribution >= 4 is 32.2 Å². The van der Waals surface area contributed by atoms with Crippen molar-refractivity contribution in [3.8, 4) is 67.3 Å². The van der Waals surface area contributed by atoms with Crippen molar-refractivity contribution in [2.75, 3.05) is 0 Å². The second-order valence-corrected chi connectivity index (χ2v) is 15.9. The quantitative estimate of drug-likeness (QED) is 0.180. The molecule has 8 aromatic carbocycles. The average molecular weight is 729 g/mol. The Labute approximate surface area is 329 Å². The Morgan fingerprint density at radius 2 is 0.946 bits per heavy atom. The van der Waals surface area contributed by atoms with Gasteiger partial charge in [-0.3, -0.25) is 0 Å². The molecule has 56 heavy (non-hydrogen) atoms. The van der Waals surface area contributed by atoms with Gasteiger partial charge in [0, 0.05) is 37.2 Å². The van der Waals surface area contributed by atoms with Crippen molar-refractivity contribution in [1.82, 2.24) is 9.97 Å². The van der Waals surface area contributed by atoms with Crippen molar-refractivity contribution in [2.45, 2.75) is 5.41 Å². The molecule has 1 spiro atoms. The summed E-state index contributed by atoms with van der Waals surface area (Å²) in [6.07, 6.45) is 0. The second kappa shape index (κ2) is 12.0. The highest BCUT2D eigenvalue weighted by Crippen LogP contribution is 2.66. The third-order valence-corrected chi connectivity index (χ3v) is 13.2. The molecule has 12 rings (SSSR count). The molecule has 10 aromatic rings. The number of rotatable bonds is 4. The molecule has 3 heteroatoms. The molecular formula is C53H32N2S. The lowest BCUT2D eigenvalue weighted by molar-refractivity contribution is 0.812. The molecule has 0 bridgehead atoms. The van der Waals surface area contributed by atoms with Crippen LogP contribution in [0.1, 0.15) is 21.6 Å². The van der Waals surface area contributed by atoms with Crippen molar-refractivity contribution in [3.05, 3.63) is 216 Å². The molecule has 0 saturated heterocycles. The molecule has 2 heterocycles. The molecule has 260 valence electrons. The van der Waals surface area contributed by atoms with E-state index in [1.165, 1.54) is 70.4 Å². The number of aromatic nitrogens is 2. The minimum Gasteiger partial charge on any atom is -0.228 e. The van der Waals surface area contributed by atoms with Gasteiger partial charge in [-0.1, -0.05) is 176 Å². The molecule has 2 nitrogen and oxygen atoms in total. The minimum absolute atomic E-state index is 0.371. The van der Waals surface area contributed by atoms with Gasteiger partial charge in [-0.05, 0) is 73.5 Å². The zero-order valence-corrected chi connectivity index (χ0v) is 31.1. The highest BCUT2D eigenvalue weighted by atomic mass is 32.1. The number of benzene rings is 8. The molecule has 2 aliphatic carbocycles. The fourth-order valence-electron chi connectivity index (χ4n) is 9.45. The summed E-state index contributed by atoms with van der Waals surface area (Å²) in [4.78, 5) is 11.8. The summed E-state index contributed by atoms with van der Waals surface area (Å²) in [6, 6.07) is 70.5. The van der Waals surface area contributed by atoms with E-state index in [1.54, 1.807) is 0 Å². The smallest absolute Gasteiger partial charge is 0.161 e. The van der Waals surface area contributed by atoms with Crippen LogP contribution in [0.4, 0.5) is 0 Å². The first-order valence-corrected chi connectivity index (χ1v) is 20.0. The van der Waals surface area contributed by atoms with Gasteiger partial charge in [0.25, 0.3) is 0 Å². The highest BCUT2D eigenvalue weighted by Gasteiger charge is 2.53. The Bertz CT molecular complexity index is 3140. The van der Waals surface area contributed by atoms with Gasteiger partial charge in [0.2, 0.25) is 0 Å². The number of hydrogen-bond donors (Lipinski definition) is 0. The Morgan fingerprint density at radius 3 is 1.71 bits per heavy atom. The Morgan fingerprint density at radius 1 is 0.375 bits per heavy atom. The molecule has 0 unspecified atom stereocenters. The number of nitrogens with zero attached hydrogens (tertiary/aromatic N) is 2. The fourth-order valence-corrected chi connectivity index (χ4v) is 10.9. The Kier molecular flexibility index (Phi) is 6.75. The van der Waals surface area contributed by atoms with Crippen molar-refractivity contribution in [1.29, 1.82) is 0 Å². The van der Waals surface area contributed by atoms with Crippen molar-refractivity contribution < 1.29 is 0 Å². The van der Waals surface area contributed by atoms with E-state index in [9.17, 15) is 0 Å². The van der Waals surface area contributed by atoms with Crippen molar-refractivity contribution in [3.63, 3.8) is 0 Å². The zero-order valence-electron chi connectivity index (χ0n) is 30.3. The van der Waals surface area contributed by atoms with Crippen LogP contribution in [-0.2, 0) is 5.41 Å². The molecule has 0 radical (unpaired) electrons. The maximum absolute atomic E-state index is 5.22. The number of hydrogen-bond acceptors (Lipinski definition) is 3. The zero-order chi connectivity index (χ0) is 36.8. The summed E-state index contributed by atoms with van der Waals surface area (Å²) in [7, 11) is 0. The summed E-state index contributed by atoms with van der Waals surface area (Å²) in [6.45, 7) is 0. The maximum atomic E-state index is 5.22. The predicted molar refractivity (Wildman–Crippen MR) is 233 cm³/mol. The fraction of sp³-hybridized carbons (Fsp3) is 0.0189. The van der Waals surface area contributed by atoms with Crippen LogP contribution in [-0.4, -0.2) is 9.97 Å². The summed E-state index contributed by atoms with van der Waals surface area (Å²) in [5.41, 5.74) is 16.5. The van der Waals surface area contributed by atoms with Crippen LogP contribution in [0.15, 0.2) is 194 Å². The van der Waals surface area contributed by atoms with Gasteiger partial charge in [0.05, 0.1) is 16.8 Å². The summed E-state index contributed by atoms with van der Waals surface area (Å²) < 4.78 is 1.34.